The Morgan fingerprint density at radius 1 is 1.32 bits per heavy atom. The van der Waals surface area contributed by atoms with Crippen LogP contribution in [0.1, 0.15) is 27.0 Å². The Kier molecular flexibility index (Phi) is 4.77. The van der Waals surface area contributed by atoms with E-state index in [0.717, 1.165) is 27.1 Å². The Morgan fingerprint density at radius 3 is 2.74 bits per heavy atom. The Labute approximate surface area is 125 Å². The molecule has 0 unspecified atom stereocenters. The topological polar surface area (TPSA) is 26.3 Å². The smallest absolute Gasteiger partial charge is 0.177 e. The van der Waals surface area contributed by atoms with Crippen LogP contribution in [0.4, 0.5) is 0 Å². The Hall–Kier alpha value is -1.13. The fourth-order valence-electron chi connectivity index (χ4n) is 1.79. The highest BCUT2D eigenvalue weighted by Gasteiger charge is 2.12. The zero-order valence-corrected chi connectivity index (χ0v) is 13.3. The van der Waals surface area contributed by atoms with Gasteiger partial charge >= 0.3 is 0 Å². The molecule has 2 rings (SSSR count). The fraction of sp³-hybridized carbons (Fsp3) is 0.267. The maximum Gasteiger partial charge on any atom is 0.177 e. The lowest BCUT2D eigenvalue weighted by molar-refractivity contribution is 0.0996. The molecule has 0 aliphatic rings. The first-order valence-corrected chi connectivity index (χ1v) is 7.69. The lowest BCUT2D eigenvalue weighted by atomic mass is 10.1. The minimum absolute atomic E-state index is 0.152. The van der Waals surface area contributed by atoms with E-state index in [-0.39, 0.29) is 5.78 Å². The van der Waals surface area contributed by atoms with Gasteiger partial charge in [0.05, 0.1) is 12.0 Å². The van der Waals surface area contributed by atoms with Crippen molar-refractivity contribution in [2.45, 2.75) is 19.8 Å². The van der Waals surface area contributed by atoms with Crippen molar-refractivity contribution < 1.29 is 9.53 Å². The van der Waals surface area contributed by atoms with Gasteiger partial charge in [0.1, 0.15) is 5.75 Å². The Bertz CT molecular complexity index is 590. The molecule has 100 valence electrons. The summed E-state index contributed by atoms with van der Waals surface area (Å²) in [4.78, 5) is 14.3. The summed E-state index contributed by atoms with van der Waals surface area (Å²) in [5.74, 6) is 0.921. The van der Waals surface area contributed by atoms with E-state index in [1.54, 1.807) is 18.4 Å². The van der Waals surface area contributed by atoms with Crippen LogP contribution in [0.25, 0.3) is 0 Å². The van der Waals surface area contributed by atoms with Crippen LogP contribution in [-0.2, 0) is 12.8 Å². The molecule has 0 radical (unpaired) electrons. The summed E-state index contributed by atoms with van der Waals surface area (Å²) in [7, 11) is 1.63. The van der Waals surface area contributed by atoms with Gasteiger partial charge in [-0.3, -0.25) is 4.79 Å². The van der Waals surface area contributed by atoms with E-state index in [2.05, 4.69) is 22.9 Å². The molecule has 2 aromatic rings. The normalized spacial score (nSPS) is 10.5. The molecule has 0 saturated heterocycles. The second-order valence-electron chi connectivity index (χ2n) is 4.18. The molecular formula is C15H15BrO2S. The molecule has 0 aliphatic heterocycles. The summed E-state index contributed by atoms with van der Waals surface area (Å²) < 4.78 is 6.13. The number of ketones is 1. The number of benzene rings is 1. The predicted octanol–water partition coefficient (Wildman–Crippen LogP) is 4.51. The van der Waals surface area contributed by atoms with Gasteiger partial charge in [0, 0.05) is 15.8 Å². The van der Waals surface area contributed by atoms with Gasteiger partial charge in [-0.1, -0.05) is 22.9 Å². The fourth-order valence-corrected chi connectivity index (χ4v) is 3.06. The van der Waals surface area contributed by atoms with Gasteiger partial charge in [-0.25, -0.2) is 0 Å². The maximum absolute atomic E-state index is 12.2. The second kappa shape index (κ2) is 6.35. The molecule has 2 nitrogen and oxygen atoms in total. The van der Waals surface area contributed by atoms with E-state index in [1.807, 2.05) is 30.3 Å². The second-order valence-corrected chi connectivity index (χ2v) is 6.20. The quantitative estimate of drug-likeness (QED) is 0.750. The molecule has 0 fully saturated rings. The van der Waals surface area contributed by atoms with Gasteiger partial charge < -0.3 is 4.74 Å². The summed E-state index contributed by atoms with van der Waals surface area (Å²) in [6.45, 7) is 2.10. The third-order valence-corrected chi connectivity index (χ3v) is 4.93. The Balaban J connectivity index is 2.18. The van der Waals surface area contributed by atoms with Crippen molar-refractivity contribution in [3.05, 3.63) is 50.1 Å². The minimum atomic E-state index is 0.152. The average molecular weight is 339 g/mol. The monoisotopic (exact) mass is 338 g/mol. The summed E-state index contributed by atoms with van der Waals surface area (Å²) >= 11 is 5.06. The molecule has 1 aromatic heterocycles. The van der Waals surface area contributed by atoms with E-state index in [4.69, 9.17) is 4.74 Å². The SMILES string of the molecule is CCc1ccc(C(=O)Cc2cc(OC)ccc2Br)s1. The van der Waals surface area contributed by atoms with Crippen molar-refractivity contribution in [2.24, 2.45) is 0 Å². The predicted molar refractivity (Wildman–Crippen MR) is 82.4 cm³/mol. The highest BCUT2D eigenvalue weighted by molar-refractivity contribution is 9.10. The molecule has 19 heavy (non-hydrogen) atoms. The molecule has 1 heterocycles. The van der Waals surface area contributed by atoms with E-state index in [9.17, 15) is 4.79 Å². The molecule has 0 amide bonds. The first kappa shape index (κ1) is 14.3. The summed E-state index contributed by atoms with van der Waals surface area (Å²) in [5, 5.41) is 0. The van der Waals surface area contributed by atoms with Crippen molar-refractivity contribution >= 4 is 33.0 Å². The van der Waals surface area contributed by atoms with E-state index >= 15 is 0 Å². The van der Waals surface area contributed by atoms with Crippen molar-refractivity contribution in [1.29, 1.82) is 0 Å². The summed E-state index contributed by atoms with van der Waals surface area (Å²) in [6, 6.07) is 9.63. The van der Waals surface area contributed by atoms with Crippen LogP contribution in [0.3, 0.4) is 0 Å². The van der Waals surface area contributed by atoms with Crippen molar-refractivity contribution in [3.8, 4) is 5.75 Å². The van der Waals surface area contributed by atoms with Gasteiger partial charge in [0.25, 0.3) is 0 Å². The first-order valence-electron chi connectivity index (χ1n) is 6.08. The van der Waals surface area contributed by atoms with Crippen molar-refractivity contribution in [2.75, 3.05) is 7.11 Å². The van der Waals surface area contributed by atoms with Crippen LogP contribution in [-0.4, -0.2) is 12.9 Å². The third kappa shape index (κ3) is 3.45. The van der Waals surface area contributed by atoms with Crippen LogP contribution in [0.2, 0.25) is 0 Å². The standard InChI is InChI=1S/C15H15BrO2S/c1-3-12-5-7-15(19-12)14(17)9-10-8-11(18-2)4-6-13(10)16/h4-8H,3,9H2,1-2H3. The first-order chi connectivity index (χ1) is 9.13. The number of methoxy groups -OCH3 is 1. The van der Waals surface area contributed by atoms with Crippen LogP contribution in [0.15, 0.2) is 34.8 Å². The molecule has 0 atom stereocenters. The molecule has 0 bridgehead atoms. The number of ether oxygens (including phenoxy) is 1. The zero-order valence-electron chi connectivity index (χ0n) is 10.9. The number of carbonyl (C=O) groups excluding carboxylic acids is 1. The molecule has 0 saturated carbocycles. The van der Waals surface area contributed by atoms with Crippen LogP contribution in [0.5, 0.6) is 5.75 Å². The highest BCUT2D eigenvalue weighted by Crippen LogP contribution is 2.25. The zero-order chi connectivity index (χ0) is 13.8. The molecular weight excluding hydrogens is 324 g/mol. The van der Waals surface area contributed by atoms with E-state index < -0.39 is 0 Å². The van der Waals surface area contributed by atoms with Gasteiger partial charge in [-0.05, 0) is 42.3 Å². The molecule has 0 N–H and O–H groups in total. The number of hydrogen-bond acceptors (Lipinski definition) is 3. The lowest BCUT2D eigenvalue weighted by Gasteiger charge is -2.06. The number of halogens is 1. The average Bonchev–Trinajstić information content (AvgIpc) is 2.90. The van der Waals surface area contributed by atoms with Crippen LogP contribution in [0, 0.1) is 0 Å². The Morgan fingerprint density at radius 2 is 2.11 bits per heavy atom. The maximum atomic E-state index is 12.2. The molecule has 0 aliphatic carbocycles. The number of aryl methyl sites for hydroxylation is 1. The van der Waals surface area contributed by atoms with Crippen molar-refractivity contribution in [3.63, 3.8) is 0 Å². The van der Waals surface area contributed by atoms with Gasteiger partial charge in [-0.15, -0.1) is 11.3 Å². The molecule has 1 aromatic carbocycles. The summed E-state index contributed by atoms with van der Waals surface area (Å²) in [5.41, 5.74) is 0.954. The number of rotatable bonds is 5. The number of carbonyl (C=O) groups is 1. The van der Waals surface area contributed by atoms with E-state index in [0.29, 0.717) is 6.42 Å². The highest BCUT2D eigenvalue weighted by atomic mass is 79.9. The summed E-state index contributed by atoms with van der Waals surface area (Å²) in [6.07, 6.45) is 1.36. The molecule has 4 heteroatoms. The largest absolute Gasteiger partial charge is 0.497 e. The van der Waals surface area contributed by atoms with Crippen LogP contribution < -0.4 is 4.74 Å². The molecule has 0 spiro atoms. The minimum Gasteiger partial charge on any atom is -0.497 e. The third-order valence-electron chi connectivity index (χ3n) is 2.89. The van der Waals surface area contributed by atoms with Gasteiger partial charge in [0.15, 0.2) is 5.78 Å². The van der Waals surface area contributed by atoms with Gasteiger partial charge in [0.2, 0.25) is 0 Å². The van der Waals surface area contributed by atoms with Crippen molar-refractivity contribution in [1.82, 2.24) is 0 Å². The number of thiophene rings is 1. The van der Waals surface area contributed by atoms with E-state index in [1.165, 1.54) is 4.88 Å². The van der Waals surface area contributed by atoms with Gasteiger partial charge in [-0.2, -0.15) is 0 Å². The number of Topliss-reactive ketones (excluding diaryl/α,β-unsaturated/α-hetero) is 1. The van der Waals surface area contributed by atoms with Crippen LogP contribution >= 0.6 is 27.3 Å². The number of hydrogen-bond donors (Lipinski definition) is 0. The lowest BCUT2D eigenvalue weighted by Crippen LogP contribution is -2.02.